The summed E-state index contributed by atoms with van der Waals surface area (Å²) in [6.45, 7) is 6.24. The molecular formula is C18H17N3O. The molecule has 0 saturated heterocycles. The molecule has 4 nitrogen and oxygen atoms in total. The van der Waals surface area contributed by atoms with Crippen molar-refractivity contribution in [1.82, 2.24) is 4.98 Å². The molecule has 2 heterocycles. The minimum Gasteiger partial charge on any atom is -0.306 e. The van der Waals surface area contributed by atoms with Crippen LogP contribution in [0.5, 0.6) is 0 Å². The molecule has 0 unspecified atom stereocenters. The van der Waals surface area contributed by atoms with Crippen molar-refractivity contribution in [2.75, 3.05) is 11.4 Å². The molecule has 2 aromatic rings. The number of carbonyl (C=O) groups excluding carboxylic acids is 1. The molecule has 1 aromatic carbocycles. The first-order valence-electron chi connectivity index (χ1n) is 7.19. The third kappa shape index (κ3) is 2.68. The molecule has 4 heteroatoms. The van der Waals surface area contributed by atoms with Crippen molar-refractivity contribution >= 4 is 23.0 Å². The van der Waals surface area contributed by atoms with Crippen molar-refractivity contribution < 1.29 is 4.79 Å². The van der Waals surface area contributed by atoms with E-state index in [1.54, 1.807) is 23.4 Å². The number of aliphatic imine (C=N–C) groups is 1. The minimum atomic E-state index is 0.0276. The summed E-state index contributed by atoms with van der Waals surface area (Å²) >= 11 is 0. The predicted octanol–water partition coefficient (Wildman–Crippen LogP) is 3.43. The highest BCUT2D eigenvalue weighted by Gasteiger charge is 2.24. The van der Waals surface area contributed by atoms with E-state index in [1.807, 2.05) is 37.3 Å². The van der Waals surface area contributed by atoms with Crippen molar-refractivity contribution in [3.8, 4) is 0 Å². The summed E-state index contributed by atoms with van der Waals surface area (Å²) in [7, 11) is 0. The second kappa shape index (κ2) is 5.93. The van der Waals surface area contributed by atoms with Gasteiger partial charge >= 0.3 is 0 Å². The van der Waals surface area contributed by atoms with E-state index in [4.69, 9.17) is 4.99 Å². The predicted molar refractivity (Wildman–Crippen MR) is 88.8 cm³/mol. The third-order valence-electron chi connectivity index (χ3n) is 3.62. The molecule has 0 N–H and O–H groups in total. The summed E-state index contributed by atoms with van der Waals surface area (Å²) < 4.78 is 0. The molecular weight excluding hydrogens is 274 g/mol. The van der Waals surface area contributed by atoms with E-state index in [2.05, 4.69) is 11.6 Å². The van der Waals surface area contributed by atoms with Crippen LogP contribution in [0.1, 0.15) is 17.5 Å². The number of aryl methyl sites for hydroxylation is 1. The van der Waals surface area contributed by atoms with Crippen LogP contribution in [-0.4, -0.2) is 23.1 Å². The largest absolute Gasteiger partial charge is 0.306 e. The molecule has 1 aliphatic heterocycles. The lowest BCUT2D eigenvalue weighted by Gasteiger charge is -2.21. The molecule has 1 aromatic heterocycles. The average Bonchev–Trinajstić information content (AvgIpc) is 2.66. The maximum atomic E-state index is 12.6. The first kappa shape index (κ1) is 14.2. The van der Waals surface area contributed by atoms with E-state index in [-0.39, 0.29) is 12.3 Å². The number of carbonyl (C=O) groups is 1. The molecule has 0 radical (unpaired) electrons. The maximum Gasteiger partial charge on any atom is 0.233 e. The highest BCUT2D eigenvalue weighted by molar-refractivity contribution is 6.17. The van der Waals surface area contributed by atoms with Crippen molar-refractivity contribution in [1.29, 1.82) is 0 Å². The van der Waals surface area contributed by atoms with Crippen LogP contribution in [0.15, 0.2) is 60.4 Å². The van der Waals surface area contributed by atoms with Gasteiger partial charge in [-0.15, -0.1) is 6.58 Å². The highest BCUT2D eigenvalue weighted by atomic mass is 16.2. The Kier molecular flexibility index (Phi) is 3.83. The van der Waals surface area contributed by atoms with Crippen molar-refractivity contribution in [3.05, 3.63) is 66.5 Å². The Bertz CT molecular complexity index is 750. The zero-order valence-electron chi connectivity index (χ0n) is 12.5. The fourth-order valence-corrected chi connectivity index (χ4v) is 2.54. The molecule has 0 bridgehead atoms. The number of anilines is 1. The Morgan fingerprint density at radius 2 is 2.05 bits per heavy atom. The van der Waals surface area contributed by atoms with Gasteiger partial charge in [0.1, 0.15) is 0 Å². The van der Waals surface area contributed by atoms with Crippen LogP contribution in [0, 0.1) is 6.92 Å². The molecule has 0 spiro atoms. The number of aromatic nitrogens is 1. The maximum absolute atomic E-state index is 12.6. The summed E-state index contributed by atoms with van der Waals surface area (Å²) in [6, 6.07) is 9.72. The molecule has 0 saturated carbocycles. The normalized spacial score (nSPS) is 14.1. The molecule has 0 fully saturated rings. The summed E-state index contributed by atoms with van der Waals surface area (Å²) in [5, 5.41) is 0. The van der Waals surface area contributed by atoms with Crippen LogP contribution >= 0.6 is 0 Å². The van der Waals surface area contributed by atoms with E-state index < -0.39 is 0 Å². The zero-order valence-corrected chi connectivity index (χ0v) is 12.5. The monoisotopic (exact) mass is 291 g/mol. The molecule has 110 valence electrons. The Labute approximate surface area is 129 Å². The second-order valence-corrected chi connectivity index (χ2v) is 5.26. The third-order valence-corrected chi connectivity index (χ3v) is 3.62. The van der Waals surface area contributed by atoms with E-state index in [0.717, 1.165) is 28.2 Å². The molecule has 1 amide bonds. The number of amides is 1. The first-order valence-corrected chi connectivity index (χ1v) is 7.19. The zero-order chi connectivity index (χ0) is 15.5. The van der Waals surface area contributed by atoms with E-state index in [9.17, 15) is 4.79 Å². The van der Waals surface area contributed by atoms with Gasteiger partial charge in [-0.1, -0.05) is 12.1 Å². The average molecular weight is 291 g/mol. The summed E-state index contributed by atoms with van der Waals surface area (Å²) in [5.41, 5.74) is 4.45. The summed E-state index contributed by atoms with van der Waals surface area (Å²) in [6.07, 6.45) is 5.43. The highest BCUT2D eigenvalue weighted by Crippen LogP contribution is 2.33. The van der Waals surface area contributed by atoms with Crippen molar-refractivity contribution in [3.63, 3.8) is 0 Å². The van der Waals surface area contributed by atoms with E-state index in [0.29, 0.717) is 6.54 Å². The van der Waals surface area contributed by atoms with Crippen molar-refractivity contribution in [2.45, 2.75) is 13.3 Å². The van der Waals surface area contributed by atoms with Gasteiger partial charge in [-0.05, 0) is 42.3 Å². The van der Waals surface area contributed by atoms with Gasteiger partial charge in [0.15, 0.2) is 0 Å². The fourth-order valence-electron chi connectivity index (χ4n) is 2.54. The lowest BCUT2D eigenvalue weighted by Crippen LogP contribution is -2.31. The quantitative estimate of drug-likeness (QED) is 0.813. The minimum absolute atomic E-state index is 0.0276. The Hall–Kier alpha value is -2.75. The molecule has 0 aliphatic carbocycles. The standard InChI is InChI=1S/C18H17N3O/c1-3-10-21-17-11-13(2)4-5-15(17)20-16(12-18(21)22)14-6-8-19-9-7-14/h3-9,11H,1,10,12H2,2H3. The van der Waals surface area contributed by atoms with Gasteiger partial charge in [0.25, 0.3) is 0 Å². The van der Waals surface area contributed by atoms with Gasteiger partial charge in [0.2, 0.25) is 5.91 Å². The van der Waals surface area contributed by atoms with Crippen LogP contribution in [0.3, 0.4) is 0 Å². The topological polar surface area (TPSA) is 45.6 Å². The van der Waals surface area contributed by atoms with Crippen LogP contribution < -0.4 is 4.90 Å². The number of pyridine rings is 1. The molecule has 1 aliphatic rings. The van der Waals surface area contributed by atoms with Gasteiger partial charge in [-0.25, -0.2) is 0 Å². The SMILES string of the molecule is C=CCN1C(=O)CC(c2ccncc2)=Nc2ccc(C)cc21. The fraction of sp³-hybridized carbons (Fsp3) is 0.167. The van der Waals surface area contributed by atoms with E-state index >= 15 is 0 Å². The lowest BCUT2D eigenvalue weighted by atomic mass is 10.1. The molecule has 22 heavy (non-hydrogen) atoms. The van der Waals surface area contributed by atoms with Crippen LogP contribution in [0.2, 0.25) is 0 Å². The van der Waals surface area contributed by atoms with Gasteiger partial charge in [0, 0.05) is 18.9 Å². The lowest BCUT2D eigenvalue weighted by molar-refractivity contribution is -0.117. The van der Waals surface area contributed by atoms with Gasteiger partial charge in [-0.2, -0.15) is 0 Å². The van der Waals surface area contributed by atoms with Gasteiger partial charge < -0.3 is 4.90 Å². The summed E-state index contributed by atoms with van der Waals surface area (Å²) in [4.78, 5) is 23.1. The number of nitrogens with zero attached hydrogens (tertiary/aromatic N) is 3. The molecule has 3 rings (SSSR count). The van der Waals surface area contributed by atoms with Crippen LogP contribution in [0.25, 0.3) is 0 Å². The second-order valence-electron chi connectivity index (χ2n) is 5.26. The van der Waals surface area contributed by atoms with Gasteiger partial charge in [0.05, 0.1) is 23.5 Å². The van der Waals surface area contributed by atoms with Crippen LogP contribution in [-0.2, 0) is 4.79 Å². The smallest absolute Gasteiger partial charge is 0.233 e. The van der Waals surface area contributed by atoms with Crippen molar-refractivity contribution in [2.24, 2.45) is 4.99 Å². The number of fused-ring (bicyclic) bond motifs is 1. The number of rotatable bonds is 3. The van der Waals surface area contributed by atoms with Gasteiger partial charge in [-0.3, -0.25) is 14.8 Å². The first-order chi connectivity index (χ1) is 10.7. The molecule has 0 atom stereocenters. The number of benzene rings is 1. The Morgan fingerprint density at radius 1 is 1.27 bits per heavy atom. The number of hydrogen-bond acceptors (Lipinski definition) is 3. The van der Waals surface area contributed by atoms with E-state index in [1.165, 1.54) is 0 Å². The van der Waals surface area contributed by atoms with Crippen LogP contribution in [0.4, 0.5) is 11.4 Å². The number of hydrogen-bond donors (Lipinski definition) is 0. The Morgan fingerprint density at radius 3 is 2.77 bits per heavy atom. The Balaban J connectivity index is 2.13. The summed E-state index contributed by atoms with van der Waals surface area (Å²) in [5.74, 6) is 0.0276.